The molecule has 3 aliphatic heterocycles. The van der Waals surface area contributed by atoms with Gasteiger partial charge < -0.3 is 54.0 Å². The molecule has 0 aromatic heterocycles. The second-order valence-electron chi connectivity index (χ2n) is 17.5. The van der Waals surface area contributed by atoms with Gasteiger partial charge in [-0.1, -0.05) is 89.1 Å². The fourth-order valence-electron chi connectivity index (χ4n) is 8.92. The molecule has 3 heterocycles. The number of carbonyl (C=O) groups is 1. The Balaban J connectivity index is 2.02. The maximum Gasteiger partial charge on any atom is 0.373 e. The van der Waals surface area contributed by atoms with Gasteiger partial charge in [-0.25, -0.2) is 4.79 Å². The van der Waals surface area contributed by atoms with E-state index in [9.17, 15) is 30.3 Å². The number of carbonyl (C=O) groups excluding carboxylic acids is 1. The second kappa shape index (κ2) is 22.5. The van der Waals surface area contributed by atoms with Gasteiger partial charge in [-0.2, -0.15) is 0 Å². The molecule has 0 unspecified atom stereocenters. The molecule has 3 aliphatic rings. The molecule has 0 aromatic carbocycles. The van der Waals surface area contributed by atoms with Crippen molar-refractivity contribution in [2.45, 2.75) is 175 Å². The molecule has 12 heteroatoms. The number of aliphatic hydroxyl groups is 5. The molecule has 0 amide bonds. The smallest absolute Gasteiger partial charge is 0.373 e. The van der Waals surface area contributed by atoms with Crippen LogP contribution < -0.4 is 0 Å². The van der Waals surface area contributed by atoms with E-state index in [0.29, 0.717) is 24.8 Å². The zero-order chi connectivity index (χ0) is 43.6. The Hall–Kier alpha value is -2.39. The van der Waals surface area contributed by atoms with E-state index in [-0.39, 0.29) is 48.1 Å². The van der Waals surface area contributed by atoms with Crippen LogP contribution >= 0.6 is 0 Å². The topological polar surface area (TPSA) is 174 Å². The summed E-state index contributed by atoms with van der Waals surface area (Å²) in [5.41, 5.74) is 0.751. The summed E-state index contributed by atoms with van der Waals surface area (Å²) >= 11 is 0. The largest absolute Gasteiger partial charge is 0.490 e. The third-order valence-electron chi connectivity index (χ3n) is 13.0. The van der Waals surface area contributed by atoms with E-state index in [1.807, 2.05) is 99.6 Å². The number of rotatable bonds is 10. The zero-order valence-electron chi connectivity index (χ0n) is 37.3. The Morgan fingerprint density at radius 1 is 1.03 bits per heavy atom. The zero-order valence-corrected chi connectivity index (χ0v) is 37.3. The Morgan fingerprint density at radius 2 is 1.71 bits per heavy atom. The first-order chi connectivity index (χ1) is 27.2. The van der Waals surface area contributed by atoms with Gasteiger partial charge in [0, 0.05) is 49.5 Å². The van der Waals surface area contributed by atoms with Crippen molar-refractivity contribution in [3.8, 4) is 0 Å². The average Bonchev–Trinajstić information content (AvgIpc) is 3.17. The predicted octanol–water partition coefficient (Wildman–Crippen LogP) is 5.95. The molecule has 332 valence electrons. The Bertz CT molecular complexity index is 1440. The molecule has 5 N–H and O–H groups in total. The van der Waals surface area contributed by atoms with E-state index in [2.05, 4.69) is 0 Å². The molecule has 0 radical (unpaired) electrons. The van der Waals surface area contributed by atoms with Gasteiger partial charge in [0.1, 0.15) is 18.3 Å². The van der Waals surface area contributed by atoms with Crippen LogP contribution in [0.3, 0.4) is 0 Å². The minimum Gasteiger partial charge on any atom is -0.490 e. The summed E-state index contributed by atoms with van der Waals surface area (Å²) in [6, 6.07) is 0. The van der Waals surface area contributed by atoms with Crippen LogP contribution in [0.2, 0.25) is 0 Å². The van der Waals surface area contributed by atoms with Crippen molar-refractivity contribution in [1.82, 2.24) is 0 Å². The van der Waals surface area contributed by atoms with Crippen LogP contribution in [0, 0.1) is 35.5 Å². The molecule has 0 spiro atoms. The van der Waals surface area contributed by atoms with Crippen molar-refractivity contribution < 1.29 is 58.7 Å². The summed E-state index contributed by atoms with van der Waals surface area (Å²) < 4.78 is 37.0. The number of aliphatic hydroxyl groups excluding tert-OH is 5. The third kappa shape index (κ3) is 12.6. The maximum atomic E-state index is 14.0. The standard InChI is InChI=1S/C46H76O12/c1-14-17-35-29(7)38(56-39-23-34(47)43(51)32(10)55-39)24-46(11,58-35)31(9)42(50)30(8)44-36(53-12)19-16-18-25(3)20-27(5)40(48)33(15-2)41(49)28(6)21-26(4)22-37(54-13)45(52)57-44/h14,16-19,21-22,27-36,38-44,47-51H,15,20,23-24H2,1-13H3/b17-14+,19-16+,25-18+,26-21+,37-22-/t27-,28-,29-,30+,31+,32+,33+,34+,35-,36+,38-,39-,40+,41-,42-,43+,44-,46-/m1/s1. The summed E-state index contributed by atoms with van der Waals surface area (Å²) in [6.45, 7) is 21.0. The molecule has 0 aliphatic carbocycles. The molecule has 2 fully saturated rings. The number of ether oxygens (including phenoxy) is 6. The molecule has 18 atom stereocenters. The van der Waals surface area contributed by atoms with Gasteiger partial charge in [-0.3, -0.25) is 0 Å². The number of methoxy groups -OCH3 is 2. The SMILES string of the molecule is C/C=C/[C@H]1O[C@@](C)([C@@H](C)[C@H](O)[C@H](C)[C@H]2OC(=O)/C(OC)=C/C(C)=C/[C@@H](C)[C@@H](O)[C@@H](CC)[C@@H](O)[C@H](C)C/C(C)=C/C=C/[C@@H]2OC)C[C@@H](O[C@@H]2C[C@H](O)[C@@H](O)[C@H](C)O2)[C@@H]1C. The first kappa shape index (κ1) is 50.0. The first-order valence-corrected chi connectivity index (χ1v) is 21.3. The van der Waals surface area contributed by atoms with Crippen molar-refractivity contribution >= 4 is 5.97 Å². The van der Waals surface area contributed by atoms with E-state index in [1.165, 1.54) is 14.2 Å². The monoisotopic (exact) mass is 821 g/mol. The van der Waals surface area contributed by atoms with Crippen LogP contribution in [-0.2, 0) is 33.2 Å². The molecule has 0 bridgehead atoms. The fraction of sp³-hybridized carbons (Fsp3) is 0.761. The van der Waals surface area contributed by atoms with Crippen LogP contribution in [0.15, 0.2) is 59.4 Å². The Labute approximate surface area is 348 Å². The number of hydrogen-bond acceptors (Lipinski definition) is 12. The highest BCUT2D eigenvalue weighted by molar-refractivity contribution is 5.87. The maximum absolute atomic E-state index is 14.0. The summed E-state index contributed by atoms with van der Waals surface area (Å²) in [4.78, 5) is 14.0. The van der Waals surface area contributed by atoms with Gasteiger partial charge in [-0.15, -0.1) is 0 Å². The van der Waals surface area contributed by atoms with E-state index < -0.39 is 78.5 Å². The predicted molar refractivity (Wildman–Crippen MR) is 223 cm³/mol. The molecule has 12 nitrogen and oxygen atoms in total. The summed E-state index contributed by atoms with van der Waals surface area (Å²) in [5.74, 6) is -2.91. The first-order valence-electron chi connectivity index (χ1n) is 21.3. The van der Waals surface area contributed by atoms with Gasteiger partial charge in [0.2, 0.25) is 5.76 Å². The molecule has 2 saturated heterocycles. The van der Waals surface area contributed by atoms with Gasteiger partial charge in [0.25, 0.3) is 0 Å². The highest BCUT2D eigenvalue weighted by Gasteiger charge is 2.51. The minimum atomic E-state index is -1.07. The summed E-state index contributed by atoms with van der Waals surface area (Å²) in [7, 11) is 2.91. The summed E-state index contributed by atoms with van der Waals surface area (Å²) in [6.07, 6.45) is 6.15. The lowest BCUT2D eigenvalue weighted by atomic mass is 9.72. The van der Waals surface area contributed by atoms with Gasteiger partial charge in [0.15, 0.2) is 6.29 Å². The van der Waals surface area contributed by atoms with E-state index >= 15 is 0 Å². The van der Waals surface area contributed by atoms with Crippen molar-refractivity contribution in [2.75, 3.05) is 14.2 Å². The van der Waals surface area contributed by atoms with Crippen LogP contribution in [0.25, 0.3) is 0 Å². The van der Waals surface area contributed by atoms with E-state index in [4.69, 9.17) is 28.4 Å². The molecule has 0 aromatic rings. The van der Waals surface area contributed by atoms with Crippen molar-refractivity contribution in [3.05, 3.63) is 59.4 Å². The van der Waals surface area contributed by atoms with Crippen LogP contribution in [0.1, 0.15) is 102 Å². The van der Waals surface area contributed by atoms with Crippen molar-refractivity contribution in [1.29, 1.82) is 0 Å². The van der Waals surface area contributed by atoms with Gasteiger partial charge in [-0.05, 0) is 59.5 Å². The van der Waals surface area contributed by atoms with Crippen molar-refractivity contribution in [3.63, 3.8) is 0 Å². The van der Waals surface area contributed by atoms with Gasteiger partial charge in [0.05, 0.1) is 55.4 Å². The normalized spacial score (nSPS) is 43.9. The lowest BCUT2D eigenvalue weighted by Gasteiger charge is -2.51. The third-order valence-corrected chi connectivity index (χ3v) is 13.0. The number of cyclic esters (lactones) is 1. The minimum absolute atomic E-state index is 0.0609. The highest BCUT2D eigenvalue weighted by Crippen LogP contribution is 2.43. The molecule has 58 heavy (non-hydrogen) atoms. The van der Waals surface area contributed by atoms with Crippen LogP contribution in [-0.4, -0.2) is 119 Å². The second-order valence-corrected chi connectivity index (χ2v) is 17.5. The molecule has 0 saturated carbocycles. The van der Waals surface area contributed by atoms with Crippen LogP contribution in [0.5, 0.6) is 0 Å². The lowest BCUT2D eigenvalue weighted by Crippen LogP contribution is -2.58. The van der Waals surface area contributed by atoms with E-state index in [1.54, 1.807) is 19.1 Å². The molecule has 3 rings (SSSR count). The number of allylic oxidation sites excluding steroid dienone is 6. The Morgan fingerprint density at radius 3 is 2.29 bits per heavy atom. The van der Waals surface area contributed by atoms with Crippen LogP contribution in [0.4, 0.5) is 0 Å². The van der Waals surface area contributed by atoms with Crippen molar-refractivity contribution in [2.24, 2.45) is 35.5 Å². The van der Waals surface area contributed by atoms with E-state index in [0.717, 1.165) is 5.57 Å². The molecular formula is C46H76O12. The Kier molecular flexibility index (Phi) is 19.3. The lowest BCUT2D eigenvalue weighted by molar-refractivity contribution is -0.291. The number of hydrogen-bond donors (Lipinski definition) is 5. The fourth-order valence-corrected chi connectivity index (χ4v) is 8.92. The summed E-state index contributed by atoms with van der Waals surface area (Å²) in [5, 5.41) is 55.7. The average molecular weight is 821 g/mol. The quantitative estimate of drug-likeness (QED) is 0.130. The molecular weight excluding hydrogens is 744 g/mol. The van der Waals surface area contributed by atoms with Gasteiger partial charge >= 0.3 is 5.97 Å². The highest BCUT2D eigenvalue weighted by atomic mass is 16.7. The number of esters is 1.